The Kier molecular flexibility index (Phi) is 3.42. The second-order valence-electron chi connectivity index (χ2n) is 5.95. The number of ether oxygens (including phenoxy) is 1. The van der Waals surface area contributed by atoms with Gasteiger partial charge in [-0.3, -0.25) is 10.2 Å². The third-order valence-electron chi connectivity index (χ3n) is 4.38. The summed E-state index contributed by atoms with van der Waals surface area (Å²) in [6.45, 7) is 1.43. The van der Waals surface area contributed by atoms with E-state index < -0.39 is 5.72 Å². The van der Waals surface area contributed by atoms with Crippen LogP contribution in [0.3, 0.4) is 0 Å². The molecule has 0 unspecified atom stereocenters. The van der Waals surface area contributed by atoms with Crippen LogP contribution in [0, 0.1) is 5.41 Å². The number of para-hydroxylation sites is 1. The van der Waals surface area contributed by atoms with Gasteiger partial charge >= 0.3 is 0 Å². The van der Waals surface area contributed by atoms with Crippen molar-refractivity contribution in [1.29, 1.82) is 5.41 Å². The number of rotatable bonds is 2. The molecule has 4 rings (SSSR count). The zero-order chi connectivity index (χ0) is 16.7. The first-order valence-corrected chi connectivity index (χ1v) is 8.54. The SMILES string of the molecule is N=C(N)c1cnc(N2CCC3(CC2)NC(=O)c2ccccc2O3)s1. The summed E-state index contributed by atoms with van der Waals surface area (Å²) in [5.74, 6) is 0.591. The van der Waals surface area contributed by atoms with Crippen LogP contribution < -0.4 is 20.7 Å². The maximum Gasteiger partial charge on any atom is 0.258 e. The quantitative estimate of drug-likeness (QED) is 0.567. The number of nitrogens with one attached hydrogen (secondary N) is 2. The Balaban J connectivity index is 1.50. The molecular formula is C16H17N5O2S. The number of amidine groups is 1. The van der Waals surface area contributed by atoms with Gasteiger partial charge in [0.2, 0.25) is 0 Å². The number of benzene rings is 1. The summed E-state index contributed by atoms with van der Waals surface area (Å²) in [6, 6.07) is 7.31. The lowest BCUT2D eigenvalue weighted by Crippen LogP contribution is -2.61. The summed E-state index contributed by atoms with van der Waals surface area (Å²) in [6.07, 6.45) is 2.96. The summed E-state index contributed by atoms with van der Waals surface area (Å²) in [7, 11) is 0. The average Bonchev–Trinajstić information content (AvgIpc) is 3.06. The predicted octanol–water partition coefficient (Wildman–Crippen LogP) is 1.55. The van der Waals surface area contributed by atoms with E-state index in [1.165, 1.54) is 11.3 Å². The molecule has 2 aromatic rings. The molecule has 1 fully saturated rings. The highest BCUT2D eigenvalue weighted by atomic mass is 32.1. The summed E-state index contributed by atoms with van der Waals surface area (Å²) in [5, 5.41) is 11.3. The zero-order valence-electron chi connectivity index (χ0n) is 12.9. The van der Waals surface area contributed by atoms with Crippen molar-refractivity contribution in [3.8, 4) is 5.75 Å². The van der Waals surface area contributed by atoms with Crippen LogP contribution >= 0.6 is 11.3 Å². The molecule has 3 heterocycles. The van der Waals surface area contributed by atoms with E-state index in [9.17, 15) is 4.79 Å². The molecule has 0 radical (unpaired) electrons. The third-order valence-corrected chi connectivity index (χ3v) is 5.47. The van der Waals surface area contributed by atoms with Crippen LogP contribution in [0.4, 0.5) is 5.13 Å². The van der Waals surface area contributed by atoms with Gasteiger partial charge < -0.3 is 20.7 Å². The zero-order valence-corrected chi connectivity index (χ0v) is 13.7. The Bertz CT molecular complexity index is 810. The number of nitrogens with zero attached hydrogens (tertiary/aromatic N) is 2. The van der Waals surface area contributed by atoms with Gasteiger partial charge in [-0.1, -0.05) is 23.5 Å². The third kappa shape index (κ3) is 2.48. The standard InChI is InChI=1S/C16H17N5O2S/c17-13(18)12-9-19-15(24-12)21-7-5-16(6-8-21)20-14(22)10-3-1-2-4-11(10)23-16/h1-4,9H,5-8H2,(H3,17,18)(H,20,22). The molecule has 0 aliphatic carbocycles. The lowest BCUT2D eigenvalue weighted by atomic mass is 9.97. The number of amides is 1. The van der Waals surface area contributed by atoms with Crippen molar-refractivity contribution in [2.75, 3.05) is 18.0 Å². The molecule has 0 saturated carbocycles. The summed E-state index contributed by atoms with van der Waals surface area (Å²) < 4.78 is 6.13. The number of thiazole rings is 1. The number of hydrogen-bond donors (Lipinski definition) is 3. The number of piperidine rings is 1. The fraction of sp³-hybridized carbons (Fsp3) is 0.312. The molecule has 2 aliphatic heterocycles. The molecule has 1 amide bonds. The number of anilines is 1. The van der Waals surface area contributed by atoms with Crippen LogP contribution in [0.15, 0.2) is 30.5 Å². The van der Waals surface area contributed by atoms with E-state index >= 15 is 0 Å². The molecule has 1 saturated heterocycles. The Hall–Kier alpha value is -2.61. The largest absolute Gasteiger partial charge is 0.467 e. The molecular weight excluding hydrogens is 326 g/mol. The number of nitrogens with two attached hydrogens (primary N) is 1. The molecule has 0 bridgehead atoms. The number of carbonyl (C=O) groups is 1. The minimum atomic E-state index is -0.650. The van der Waals surface area contributed by atoms with E-state index in [-0.39, 0.29) is 11.7 Å². The number of fused-ring (bicyclic) bond motifs is 1. The maximum atomic E-state index is 12.3. The van der Waals surface area contributed by atoms with Crippen molar-refractivity contribution < 1.29 is 9.53 Å². The van der Waals surface area contributed by atoms with Crippen molar-refractivity contribution >= 4 is 28.2 Å². The van der Waals surface area contributed by atoms with Crippen molar-refractivity contribution in [3.05, 3.63) is 40.9 Å². The molecule has 1 aromatic heterocycles. The first-order valence-electron chi connectivity index (χ1n) is 7.72. The van der Waals surface area contributed by atoms with E-state index in [0.717, 1.165) is 5.13 Å². The Labute approximate surface area is 143 Å². The summed E-state index contributed by atoms with van der Waals surface area (Å²) in [5.41, 5.74) is 5.43. The topological polar surface area (TPSA) is 104 Å². The highest BCUT2D eigenvalue weighted by molar-refractivity contribution is 7.17. The first-order chi connectivity index (χ1) is 11.6. The Morgan fingerprint density at radius 1 is 1.38 bits per heavy atom. The predicted molar refractivity (Wildman–Crippen MR) is 91.8 cm³/mol. The Morgan fingerprint density at radius 2 is 2.12 bits per heavy atom. The van der Waals surface area contributed by atoms with Crippen LogP contribution in [0.25, 0.3) is 0 Å². The second kappa shape index (κ2) is 5.48. The molecule has 24 heavy (non-hydrogen) atoms. The maximum absolute atomic E-state index is 12.3. The smallest absolute Gasteiger partial charge is 0.258 e. The highest BCUT2D eigenvalue weighted by Gasteiger charge is 2.42. The molecule has 0 atom stereocenters. The first kappa shape index (κ1) is 14.9. The van der Waals surface area contributed by atoms with Gasteiger partial charge in [-0.25, -0.2) is 4.98 Å². The van der Waals surface area contributed by atoms with Crippen LogP contribution in [0.2, 0.25) is 0 Å². The van der Waals surface area contributed by atoms with Gasteiger partial charge in [0.1, 0.15) is 11.6 Å². The number of aromatic nitrogens is 1. The van der Waals surface area contributed by atoms with Gasteiger partial charge in [0.15, 0.2) is 10.9 Å². The molecule has 4 N–H and O–H groups in total. The van der Waals surface area contributed by atoms with E-state index in [1.54, 1.807) is 12.3 Å². The molecule has 1 spiro atoms. The van der Waals surface area contributed by atoms with Crippen LogP contribution in [-0.4, -0.2) is 35.5 Å². The monoisotopic (exact) mass is 343 g/mol. The number of hydrogen-bond acceptors (Lipinski definition) is 6. The van der Waals surface area contributed by atoms with Gasteiger partial charge in [0.05, 0.1) is 16.6 Å². The highest BCUT2D eigenvalue weighted by Crippen LogP contribution is 2.35. The normalized spacial score (nSPS) is 18.7. The van der Waals surface area contributed by atoms with E-state index in [4.69, 9.17) is 15.9 Å². The molecule has 124 valence electrons. The summed E-state index contributed by atoms with van der Waals surface area (Å²) in [4.78, 5) is 19.5. The Morgan fingerprint density at radius 3 is 2.83 bits per heavy atom. The van der Waals surface area contributed by atoms with Gasteiger partial charge in [-0.15, -0.1) is 0 Å². The van der Waals surface area contributed by atoms with E-state index in [1.807, 2.05) is 18.2 Å². The van der Waals surface area contributed by atoms with Gasteiger partial charge in [0.25, 0.3) is 5.91 Å². The van der Waals surface area contributed by atoms with Gasteiger partial charge in [-0.2, -0.15) is 0 Å². The lowest BCUT2D eigenvalue weighted by Gasteiger charge is -2.44. The fourth-order valence-electron chi connectivity index (χ4n) is 3.08. The minimum absolute atomic E-state index is 0.0340. The molecule has 1 aromatic carbocycles. The molecule has 8 heteroatoms. The summed E-state index contributed by atoms with van der Waals surface area (Å²) >= 11 is 1.41. The van der Waals surface area contributed by atoms with Crippen LogP contribution in [-0.2, 0) is 0 Å². The average molecular weight is 343 g/mol. The van der Waals surface area contributed by atoms with Gasteiger partial charge in [-0.05, 0) is 12.1 Å². The lowest BCUT2D eigenvalue weighted by molar-refractivity contribution is 0.000819. The van der Waals surface area contributed by atoms with Crippen LogP contribution in [0.5, 0.6) is 5.75 Å². The van der Waals surface area contributed by atoms with E-state index in [0.29, 0.717) is 42.1 Å². The number of carbonyl (C=O) groups excluding carboxylic acids is 1. The fourth-order valence-corrected chi connectivity index (χ4v) is 3.90. The van der Waals surface area contributed by atoms with Gasteiger partial charge in [0, 0.05) is 25.9 Å². The van der Waals surface area contributed by atoms with E-state index in [2.05, 4.69) is 15.2 Å². The second-order valence-corrected chi connectivity index (χ2v) is 6.96. The van der Waals surface area contributed by atoms with Crippen molar-refractivity contribution in [2.45, 2.75) is 18.6 Å². The van der Waals surface area contributed by atoms with Crippen molar-refractivity contribution in [2.24, 2.45) is 5.73 Å². The molecule has 7 nitrogen and oxygen atoms in total. The minimum Gasteiger partial charge on any atom is -0.467 e. The van der Waals surface area contributed by atoms with Crippen molar-refractivity contribution in [1.82, 2.24) is 10.3 Å². The molecule has 2 aliphatic rings. The van der Waals surface area contributed by atoms with Crippen LogP contribution in [0.1, 0.15) is 28.1 Å². The number of nitrogen functional groups attached to an aromatic ring is 1. The van der Waals surface area contributed by atoms with Crippen molar-refractivity contribution in [3.63, 3.8) is 0 Å².